The standard InChI is InChI=1S/C13H15Cl2NO/c14-9-10-5-7-16(8-6-10)13(17)11-3-1-2-4-12(11)15/h1-4,10H,5-9H2. The molecule has 0 radical (unpaired) electrons. The van der Waals surface area contributed by atoms with Gasteiger partial charge in [0.05, 0.1) is 10.6 Å². The number of benzene rings is 1. The third kappa shape index (κ3) is 2.93. The molecular formula is C13H15Cl2NO. The van der Waals surface area contributed by atoms with E-state index < -0.39 is 0 Å². The van der Waals surface area contributed by atoms with E-state index in [-0.39, 0.29) is 5.91 Å². The van der Waals surface area contributed by atoms with Gasteiger partial charge in [0.25, 0.3) is 5.91 Å². The lowest BCUT2D eigenvalue weighted by Gasteiger charge is -2.31. The summed E-state index contributed by atoms with van der Waals surface area (Å²) in [5.74, 6) is 1.27. The van der Waals surface area contributed by atoms with E-state index in [4.69, 9.17) is 23.2 Å². The summed E-state index contributed by atoms with van der Waals surface area (Å²) in [6.45, 7) is 1.56. The number of rotatable bonds is 2. The summed E-state index contributed by atoms with van der Waals surface area (Å²) in [6, 6.07) is 7.20. The highest BCUT2D eigenvalue weighted by Gasteiger charge is 2.23. The molecule has 0 aromatic heterocycles. The van der Waals surface area contributed by atoms with Crippen molar-refractivity contribution in [3.63, 3.8) is 0 Å². The topological polar surface area (TPSA) is 20.3 Å². The van der Waals surface area contributed by atoms with Gasteiger partial charge >= 0.3 is 0 Å². The van der Waals surface area contributed by atoms with E-state index >= 15 is 0 Å². The average molecular weight is 272 g/mol. The molecule has 1 heterocycles. The lowest BCUT2D eigenvalue weighted by molar-refractivity contribution is 0.0698. The molecule has 1 aliphatic rings. The highest BCUT2D eigenvalue weighted by molar-refractivity contribution is 6.33. The monoisotopic (exact) mass is 271 g/mol. The number of halogens is 2. The molecule has 1 aromatic carbocycles. The molecule has 0 saturated carbocycles. The number of carbonyl (C=O) groups is 1. The van der Waals surface area contributed by atoms with Crippen LogP contribution in [0.2, 0.25) is 5.02 Å². The summed E-state index contributed by atoms with van der Waals surface area (Å²) in [4.78, 5) is 14.1. The van der Waals surface area contributed by atoms with E-state index in [1.807, 2.05) is 17.0 Å². The summed E-state index contributed by atoms with van der Waals surface area (Å²) in [6.07, 6.45) is 1.97. The fraction of sp³-hybridized carbons (Fsp3) is 0.462. The zero-order valence-corrected chi connectivity index (χ0v) is 11.0. The largest absolute Gasteiger partial charge is 0.339 e. The van der Waals surface area contributed by atoms with Gasteiger partial charge in [-0.1, -0.05) is 23.7 Å². The highest BCUT2D eigenvalue weighted by atomic mass is 35.5. The van der Waals surface area contributed by atoms with Crippen LogP contribution in [0, 0.1) is 5.92 Å². The van der Waals surface area contributed by atoms with E-state index in [2.05, 4.69) is 0 Å². The van der Waals surface area contributed by atoms with Gasteiger partial charge in [0.1, 0.15) is 0 Å². The first-order valence-corrected chi connectivity index (χ1v) is 6.73. The average Bonchev–Trinajstić information content (AvgIpc) is 2.39. The Bertz CT molecular complexity index is 400. The summed E-state index contributed by atoms with van der Waals surface area (Å²) < 4.78 is 0. The SMILES string of the molecule is O=C(c1ccccc1Cl)N1CCC(CCl)CC1. The fourth-order valence-electron chi connectivity index (χ4n) is 2.10. The van der Waals surface area contributed by atoms with Crippen LogP contribution in [0.5, 0.6) is 0 Å². The minimum absolute atomic E-state index is 0.0311. The molecule has 2 nitrogen and oxygen atoms in total. The van der Waals surface area contributed by atoms with Gasteiger partial charge in [-0.05, 0) is 30.9 Å². The Morgan fingerprint density at radius 1 is 1.29 bits per heavy atom. The number of piperidine rings is 1. The third-order valence-electron chi connectivity index (χ3n) is 3.22. The third-order valence-corrected chi connectivity index (χ3v) is 3.99. The maximum atomic E-state index is 12.2. The van der Waals surface area contributed by atoms with Crippen molar-refractivity contribution in [3.8, 4) is 0 Å². The Kier molecular flexibility index (Phi) is 4.30. The van der Waals surface area contributed by atoms with Crippen molar-refractivity contribution in [2.45, 2.75) is 12.8 Å². The fourth-order valence-corrected chi connectivity index (χ4v) is 2.62. The Morgan fingerprint density at radius 2 is 1.94 bits per heavy atom. The van der Waals surface area contributed by atoms with Gasteiger partial charge in [-0.25, -0.2) is 0 Å². The van der Waals surface area contributed by atoms with Gasteiger partial charge in [-0.2, -0.15) is 0 Å². The molecule has 92 valence electrons. The number of alkyl halides is 1. The van der Waals surface area contributed by atoms with Gasteiger partial charge in [-0.15, -0.1) is 11.6 Å². The zero-order chi connectivity index (χ0) is 12.3. The van der Waals surface area contributed by atoms with Crippen molar-refractivity contribution in [1.82, 2.24) is 4.90 Å². The first-order chi connectivity index (χ1) is 8.22. The summed E-state index contributed by atoms with van der Waals surface area (Å²) in [5.41, 5.74) is 0.596. The minimum Gasteiger partial charge on any atom is -0.339 e. The van der Waals surface area contributed by atoms with Crippen LogP contribution in [0.1, 0.15) is 23.2 Å². The number of likely N-dealkylation sites (tertiary alicyclic amines) is 1. The number of hydrogen-bond acceptors (Lipinski definition) is 1. The Hall–Kier alpha value is -0.730. The zero-order valence-electron chi connectivity index (χ0n) is 9.53. The maximum Gasteiger partial charge on any atom is 0.255 e. The van der Waals surface area contributed by atoms with E-state index in [1.54, 1.807) is 12.1 Å². The molecular weight excluding hydrogens is 257 g/mol. The summed E-state index contributed by atoms with van der Waals surface area (Å²) in [7, 11) is 0. The van der Waals surface area contributed by atoms with E-state index in [0.29, 0.717) is 22.4 Å². The van der Waals surface area contributed by atoms with Crippen molar-refractivity contribution in [3.05, 3.63) is 34.9 Å². The number of nitrogens with zero attached hydrogens (tertiary/aromatic N) is 1. The number of hydrogen-bond donors (Lipinski definition) is 0. The first kappa shape index (κ1) is 12.7. The number of carbonyl (C=O) groups excluding carboxylic acids is 1. The second kappa shape index (κ2) is 5.74. The van der Waals surface area contributed by atoms with Crippen LogP contribution >= 0.6 is 23.2 Å². The van der Waals surface area contributed by atoms with Crippen molar-refractivity contribution < 1.29 is 4.79 Å². The molecule has 1 amide bonds. The van der Waals surface area contributed by atoms with Gasteiger partial charge in [0.2, 0.25) is 0 Å². The minimum atomic E-state index is 0.0311. The van der Waals surface area contributed by atoms with Crippen LogP contribution in [0.4, 0.5) is 0 Å². The highest BCUT2D eigenvalue weighted by Crippen LogP contribution is 2.22. The second-order valence-electron chi connectivity index (χ2n) is 4.37. The van der Waals surface area contributed by atoms with Crippen LogP contribution < -0.4 is 0 Å². The molecule has 1 aromatic rings. The van der Waals surface area contributed by atoms with Gasteiger partial charge in [0.15, 0.2) is 0 Å². The lowest BCUT2D eigenvalue weighted by Crippen LogP contribution is -2.38. The predicted octanol–water partition coefficient (Wildman–Crippen LogP) is 3.43. The molecule has 0 atom stereocenters. The smallest absolute Gasteiger partial charge is 0.255 e. The van der Waals surface area contributed by atoms with Gasteiger partial charge < -0.3 is 4.90 Å². The summed E-state index contributed by atoms with van der Waals surface area (Å²) in [5, 5.41) is 0.525. The Morgan fingerprint density at radius 3 is 2.53 bits per heavy atom. The normalized spacial score (nSPS) is 17.2. The molecule has 0 N–H and O–H groups in total. The molecule has 2 rings (SSSR count). The predicted molar refractivity (Wildman–Crippen MR) is 70.8 cm³/mol. The van der Waals surface area contributed by atoms with Gasteiger partial charge in [0, 0.05) is 19.0 Å². The Labute approximate surface area is 112 Å². The van der Waals surface area contributed by atoms with Crippen LogP contribution in [0.25, 0.3) is 0 Å². The van der Waals surface area contributed by atoms with Crippen molar-refractivity contribution in [2.24, 2.45) is 5.92 Å². The number of amides is 1. The molecule has 1 saturated heterocycles. The summed E-state index contributed by atoms with van der Waals surface area (Å²) >= 11 is 11.9. The van der Waals surface area contributed by atoms with Crippen LogP contribution in [-0.4, -0.2) is 29.8 Å². The molecule has 0 bridgehead atoms. The molecule has 0 spiro atoms. The molecule has 0 unspecified atom stereocenters. The quantitative estimate of drug-likeness (QED) is 0.755. The second-order valence-corrected chi connectivity index (χ2v) is 5.09. The van der Waals surface area contributed by atoms with E-state index in [1.165, 1.54) is 0 Å². The van der Waals surface area contributed by atoms with Crippen molar-refractivity contribution in [2.75, 3.05) is 19.0 Å². The molecule has 1 fully saturated rings. The molecule has 4 heteroatoms. The van der Waals surface area contributed by atoms with Crippen molar-refractivity contribution in [1.29, 1.82) is 0 Å². The Balaban J connectivity index is 2.04. The lowest BCUT2D eigenvalue weighted by atomic mass is 9.98. The first-order valence-electron chi connectivity index (χ1n) is 5.82. The van der Waals surface area contributed by atoms with Crippen molar-refractivity contribution >= 4 is 29.1 Å². The van der Waals surface area contributed by atoms with Crippen LogP contribution in [0.15, 0.2) is 24.3 Å². The van der Waals surface area contributed by atoms with Crippen LogP contribution in [-0.2, 0) is 0 Å². The van der Waals surface area contributed by atoms with E-state index in [0.717, 1.165) is 25.9 Å². The molecule has 17 heavy (non-hydrogen) atoms. The van der Waals surface area contributed by atoms with E-state index in [9.17, 15) is 4.79 Å². The molecule has 1 aliphatic heterocycles. The maximum absolute atomic E-state index is 12.2. The molecule has 0 aliphatic carbocycles. The van der Waals surface area contributed by atoms with Crippen LogP contribution in [0.3, 0.4) is 0 Å². The van der Waals surface area contributed by atoms with Gasteiger partial charge in [-0.3, -0.25) is 4.79 Å².